The Morgan fingerprint density at radius 2 is 1.89 bits per heavy atom. The topological polar surface area (TPSA) is 87.5 Å². The number of fused-ring (bicyclic) bond motifs is 1. The standard InChI is InChI=1S/C20H27N5O3/c1-2-9-23-10-12-24(13-11-23)19(27)7-8-21-18(26)14-25-15-22-17-6-4-3-5-16(17)20(25)28/h3-6,15H,2,7-14H2,1H3,(H,21,26). The van der Waals surface area contributed by atoms with E-state index in [1.807, 2.05) is 11.0 Å². The van der Waals surface area contributed by atoms with E-state index in [1.165, 1.54) is 10.9 Å². The van der Waals surface area contributed by atoms with Crippen molar-refractivity contribution in [1.29, 1.82) is 0 Å². The van der Waals surface area contributed by atoms with E-state index >= 15 is 0 Å². The van der Waals surface area contributed by atoms with Crippen molar-refractivity contribution in [2.24, 2.45) is 0 Å². The van der Waals surface area contributed by atoms with Gasteiger partial charge in [-0.2, -0.15) is 0 Å². The number of piperazine rings is 1. The number of hydrogen-bond donors (Lipinski definition) is 1. The first-order chi connectivity index (χ1) is 13.6. The summed E-state index contributed by atoms with van der Waals surface area (Å²) >= 11 is 0. The third-order valence-electron chi connectivity index (χ3n) is 4.97. The van der Waals surface area contributed by atoms with Crippen molar-refractivity contribution in [3.05, 3.63) is 40.9 Å². The molecule has 8 heteroatoms. The third-order valence-corrected chi connectivity index (χ3v) is 4.97. The molecule has 0 atom stereocenters. The number of nitrogens with zero attached hydrogens (tertiary/aromatic N) is 4. The maximum absolute atomic E-state index is 12.4. The first kappa shape index (κ1) is 20.0. The SMILES string of the molecule is CCCN1CCN(C(=O)CCNC(=O)Cn2cnc3ccccc3c2=O)CC1. The van der Waals surface area contributed by atoms with Gasteiger partial charge in [-0.1, -0.05) is 19.1 Å². The van der Waals surface area contributed by atoms with Gasteiger partial charge < -0.3 is 10.2 Å². The van der Waals surface area contributed by atoms with Crippen LogP contribution in [0.5, 0.6) is 0 Å². The lowest BCUT2D eigenvalue weighted by Gasteiger charge is -2.34. The van der Waals surface area contributed by atoms with Gasteiger partial charge >= 0.3 is 0 Å². The minimum Gasteiger partial charge on any atom is -0.354 e. The molecular formula is C20H27N5O3. The Kier molecular flexibility index (Phi) is 6.76. The van der Waals surface area contributed by atoms with Crippen molar-refractivity contribution in [2.75, 3.05) is 39.3 Å². The number of carbonyl (C=O) groups excluding carboxylic acids is 2. The molecule has 1 aromatic carbocycles. The molecule has 2 heterocycles. The smallest absolute Gasteiger partial charge is 0.261 e. The van der Waals surface area contributed by atoms with Crippen molar-refractivity contribution >= 4 is 22.7 Å². The molecule has 2 aromatic rings. The van der Waals surface area contributed by atoms with E-state index in [0.29, 0.717) is 10.9 Å². The number of hydrogen-bond acceptors (Lipinski definition) is 5. The molecule has 1 aliphatic heterocycles. The molecule has 150 valence electrons. The van der Waals surface area contributed by atoms with Gasteiger partial charge in [-0.15, -0.1) is 0 Å². The summed E-state index contributed by atoms with van der Waals surface area (Å²) < 4.78 is 1.28. The van der Waals surface area contributed by atoms with Gasteiger partial charge in [0.25, 0.3) is 5.56 Å². The Morgan fingerprint density at radius 1 is 1.14 bits per heavy atom. The molecule has 2 amide bonds. The molecular weight excluding hydrogens is 358 g/mol. The molecule has 0 aliphatic carbocycles. The number of amides is 2. The minimum absolute atomic E-state index is 0.0565. The quantitative estimate of drug-likeness (QED) is 0.748. The van der Waals surface area contributed by atoms with Crippen LogP contribution in [0.25, 0.3) is 10.9 Å². The largest absolute Gasteiger partial charge is 0.354 e. The van der Waals surface area contributed by atoms with Crippen LogP contribution in [0.15, 0.2) is 35.4 Å². The molecule has 1 fully saturated rings. The Balaban J connectivity index is 1.44. The fourth-order valence-corrected chi connectivity index (χ4v) is 3.43. The van der Waals surface area contributed by atoms with Crippen LogP contribution >= 0.6 is 0 Å². The molecule has 28 heavy (non-hydrogen) atoms. The molecule has 3 rings (SSSR count). The summed E-state index contributed by atoms with van der Waals surface area (Å²) in [6, 6.07) is 7.03. The molecule has 0 bridgehead atoms. The summed E-state index contributed by atoms with van der Waals surface area (Å²) in [7, 11) is 0. The summed E-state index contributed by atoms with van der Waals surface area (Å²) in [6.45, 7) is 6.68. The first-order valence-electron chi connectivity index (χ1n) is 9.79. The predicted octanol–water partition coefficient (Wildman–Crippen LogP) is 0.457. The van der Waals surface area contributed by atoms with E-state index in [0.717, 1.165) is 39.1 Å². The van der Waals surface area contributed by atoms with Crippen LogP contribution in [0.3, 0.4) is 0 Å². The van der Waals surface area contributed by atoms with Crippen molar-refractivity contribution in [3.63, 3.8) is 0 Å². The minimum atomic E-state index is -0.306. The Labute approximate surface area is 164 Å². The third kappa shape index (κ3) is 4.95. The second-order valence-electron chi connectivity index (χ2n) is 7.02. The number of para-hydroxylation sites is 1. The predicted molar refractivity (Wildman–Crippen MR) is 107 cm³/mol. The van der Waals surface area contributed by atoms with Gasteiger partial charge in [0.2, 0.25) is 11.8 Å². The summed E-state index contributed by atoms with van der Waals surface area (Å²) in [6.07, 6.45) is 2.77. The number of carbonyl (C=O) groups is 2. The van der Waals surface area contributed by atoms with Crippen molar-refractivity contribution in [2.45, 2.75) is 26.3 Å². The lowest BCUT2D eigenvalue weighted by Crippen LogP contribution is -2.49. The molecule has 1 N–H and O–H groups in total. The first-order valence-corrected chi connectivity index (χ1v) is 9.79. The highest BCUT2D eigenvalue weighted by atomic mass is 16.2. The Hall–Kier alpha value is -2.74. The maximum atomic E-state index is 12.4. The highest BCUT2D eigenvalue weighted by Crippen LogP contribution is 2.05. The molecule has 1 aromatic heterocycles. The summed E-state index contributed by atoms with van der Waals surface area (Å²) in [5, 5.41) is 3.20. The van der Waals surface area contributed by atoms with Crippen LogP contribution in [-0.4, -0.2) is 70.4 Å². The number of rotatable bonds is 7. The van der Waals surface area contributed by atoms with Crippen LogP contribution in [0.2, 0.25) is 0 Å². The zero-order chi connectivity index (χ0) is 19.9. The highest BCUT2D eigenvalue weighted by molar-refractivity contribution is 5.80. The van der Waals surface area contributed by atoms with Gasteiger partial charge in [0.15, 0.2) is 0 Å². The monoisotopic (exact) mass is 385 g/mol. The van der Waals surface area contributed by atoms with Gasteiger partial charge in [0, 0.05) is 39.1 Å². The lowest BCUT2D eigenvalue weighted by atomic mass is 10.2. The van der Waals surface area contributed by atoms with Gasteiger partial charge in [-0.3, -0.25) is 23.9 Å². The van der Waals surface area contributed by atoms with Crippen molar-refractivity contribution in [3.8, 4) is 0 Å². The zero-order valence-corrected chi connectivity index (χ0v) is 16.3. The number of nitrogens with one attached hydrogen (secondary N) is 1. The number of benzene rings is 1. The van der Waals surface area contributed by atoms with Crippen LogP contribution in [0.1, 0.15) is 19.8 Å². The van der Waals surface area contributed by atoms with E-state index in [4.69, 9.17) is 0 Å². The average molecular weight is 385 g/mol. The van der Waals surface area contributed by atoms with Crippen LogP contribution in [0, 0.1) is 0 Å². The number of aromatic nitrogens is 2. The molecule has 1 aliphatic rings. The fourth-order valence-electron chi connectivity index (χ4n) is 3.43. The molecule has 8 nitrogen and oxygen atoms in total. The summed E-state index contributed by atoms with van der Waals surface area (Å²) in [5.41, 5.74) is 0.357. The average Bonchev–Trinajstić information content (AvgIpc) is 2.71. The molecule has 1 saturated heterocycles. The van der Waals surface area contributed by atoms with Crippen LogP contribution in [-0.2, 0) is 16.1 Å². The second kappa shape index (κ2) is 9.45. The van der Waals surface area contributed by atoms with Crippen LogP contribution in [0.4, 0.5) is 0 Å². The Morgan fingerprint density at radius 3 is 2.64 bits per heavy atom. The van der Waals surface area contributed by atoms with E-state index in [1.54, 1.807) is 18.2 Å². The zero-order valence-electron chi connectivity index (χ0n) is 16.3. The maximum Gasteiger partial charge on any atom is 0.261 e. The van der Waals surface area contributed by atoms with Crippen molar-refractivity contribution < 1.29 is 9.59 Å². The van der Waals surface area contributed by atoms with E-state index in [9.17, 15) is 14.4 Å². The molecule has 0 saturated carbocycles. The normalized spacial score (nSPS) is 15.0. The summed E-state index contributed by atoms with van der Waals surface area (Å²) in [4.78, 5) is 45.3. The molecule has 0 radical (unpaired) electrons. The fraction of sp³-hybridized carbons (Fsp3) is 0.500. The van der Waals surface area contributed by atoms with Gasteiger partial charge in [-0.25, -0.2) is 4.98 Å². The van der Waals surface area contributed by atoms with Crippen molar-refractivity contribution in [1.82, 2.24) is 24.7 Å². The van der Waals surface area contributed by atoms with Gasteiger partial charge in [0.05, 0.1) is 17.2 Å². The second-order valence-corrected chi connectivity index (χ2v) is 7.02. The van der Waals surface area contributed by atoms with E-state index < -0.39 is 0 Å². The van der Waals surface area contributed by atoms with Gasteiger partial charge in [-0.05, 0) is 25.1 Å². The lowest BCUT2D eigenvalue weighted by molar-refractivity contribution is -0.133. The van der Waals surface area contributed by atoms with Crippen LogP contribution < -0.4 is 10.9 Å². The molecule has 0 unspecified atom stereocenters. The van der Waals surface area contributed by atoms with Gasteiger partial charge in [0.1, 0.15) is 6.54 Å². The Bertz CT molecular complexity index is 887. The molecule has 0 spiro atoms. The van der Waals surface area contributed by atoms with E-state index in [-0.39, 0.29) is 36.9 Å². The summed E-state index contributed by atoms with van der Waals surface area (Å²) in [5.74, 6) is -0.249. The van der Waals surface area contributed by atoms with E-state index in [2.05, 4.69) is 22.1 Å². The highest BCUT2D eigenvalue weighted by Gasteiger charge is 2.20.